The Bertz CT molecular complexity index is 644. The van der Waals surface area contributed by atoms with Crippen molar-refractivity contribution >= 4 is 22.2 Å². The smallest absolute Gasteiger partial charge is 0.246 e. The molecule has 0 unspecified atom stereocenters. The van der Waals surface area contributed by atoms with Crippen molar-refractivity contribution in [2.75, 3.05) is 5.32 Å². The Labute approximate surface area is 107 Å². The zero-order valence-corrected chi connectivity index (χ0v) is 10.5. The second kappa shape index (κ2) is 3.61. The normalized spacial score (nSPS) is 17.4. The molecule has 3 heterocycles. The van der Waals surface area contributed by atoms with Crippen molar-refractivity contribution < 1.29 is 4.79 Å². The molecule has 0 fully saturated rings. The highest BCUT2D eigenvalue weighted by Crippen LogP contribution is 2.44. The molecule has 2 aromatic heterocycles. The summed E-state index contributed by atoms with van der Waals surface area (Å²) in [5, 5.41) is 15.6. The summed E-state index contributed by atoms with van der Waals surface area (Å²) in [6.45, 7) is 0.193. The molecule has 92 valence electrons. The number of thiophene rings is 1. The Morgan fingerprint density at radius 3 is 3.11 bits per heavy atom. The second-order valence-electron chi connectivity index (χ2n) is 4.62. The van der Waals surface area contributed by atoms with E-state index in [1.165, 1.54) is 23.3 Å². The fraction of sp³-hybridized carbons (Fsp3) is 0.455. The van der Waals surface area contributed by atoms with E-state index in [1.807, 2.05) is 0 Å². The molecule has 1 aliphatic carbocycles. The van der Waals surface area contributed by atoms with Gasteiger partial charge in [0.05, 0.1) is 5.56 Å². The van der Waals surface area contributed by atoms with Crippen LogP contribution in [0.25, 0.3) is 11.4 Å². The molecule has 0 spiro atoms. The quantitative estimate of drug-likeness (QED) is 0.774. The minimum absolute atomic E-state index is 0.0547. The Balaban J connectivity index is 2.00. The van der Waals surface area contributed by atoms with Gasteiger partial charge in [-0.05, 0) is 41.7 Å². The molecule has 0 aromatic carbocycles. The van der Waals surface area contributed by atoms with Crippen LogP contribution in [0, 0.1) is 0 Å². The summed E-state index contributed by atoms with van der Waals surface area (Å²) < 4.78 is 1.59. The first-order chi connectivity index (χ1) is 8.83. The number of nitrogens with one attached hydrogen (secondary N) is 1. The molecule has 0 bridgehead atoms. The summed E-state index contributed by atoms with van der Waals surface area (Å²) in [4.78, 5) is 13.2. The van der Waals surface area contributed by atoms with Gasteiger partial charge in [0.2, 0.25) is 5.91 Å². The molecule has 1 N–H and O–H groups in total. The Kier molecular flexibility index (Phi) is 2.05. The maximum Gasteiger partial charge on any atom is 0.246 e. The number of tetrazole rings is 1. The van der Waals surface area contributed by atoms with Crippen molar-refractivity contribution in [2.24, 2.45) is 0 Å². The number of nitrogens with zero attached hydrogens (tertiary/aromatic N) is 4. The van der Waals surface area contributed by atoms with E-state index in [2.05, 4.69) is 20.8 Å². The molecule has 7 heteroatoms. The van der Waals surface area contributed by atoms with Gasteiger partial charge in [-0.3, -0.25) is 4.79 Å². The first-order valence-electron chi connectivity index (χ1n) is 6.04. The SMILES string of the molecule is O=C1Cn2nnnc2-c2c(sc3c2CCCC3)N1. The van der Waals surface area contributed by atoms with Crippen molar-refractivity contribution in [1.82, 2.24) is 20.2 Å². The Morgan fingerprint density at radius 1 is 1.28 bits per heavy atom. The fourth-order valence-electron chi connectivity index (χ4n) is 2.68. The summed E-state index contributed by atoms with van der Waals surface area (Å²) in [6.07, 6.45) is 4.59. The first kappa shape index (κ1) is 10.2. The van der Waals surface area contributed by atoms with Crippen LogP contribution < -0.4 is 5.32 Å². The molecule has 1 aliphatic heterocycles. The second-order valence-corrected chi connectivity index (χ2v) is 5.73. The number of fused-ring (bicyclic) bond motifs is 5. The summed E-state index contributed by atoms with van der Waals surface area (Å²) in [6, 6.07) is 0. The molecule has 2 aliphatic rings. The topological polar surface area (TPSA) is 72.7 Å². The monoisotopic (exact) mass is 261 g/mol. The highest BCUT2D eigenvalue weighted by Gasteiger charge is 2.29. The van der Waals surface area contributed by atoms with Gasteiger partial charge in [0.1, 0.15) is 11.5 Å². The van der Waals surface area contributed by atoms with E-state index >= 15 is 0 Å². The number of hydrogen-bond acceptors (Lipinski definition) is 5. The lowest BCUT2D eigenvalue weighted by Gasteiger charge is -2.11. The van der Waals surface area contributed by atoms with Crippen LogP contribution in [0.1, 0.15) is 23.3 Å². The lowest BCUT2D eigenvalue weighted by Crippen LogP contribution is -2.17. The van der Waals surface area contributed by atoms with Gasteiger partial charge >= 0.3 is 0 Å². The molecule has 0 radical (unpaired) electrons. The fourth-order valence-corrected chi connectivity index (χ4v) is 3.98. The predicted molar refractivity (Wildman–Crippen MR) is 66.4 cm³/mol. The standard InChI is InChI=1S/C11H11N5OS/c17-8-5-16-10(13-14-15-16)9-6-3-1-2-4-7(6)18-11(9)12-8/h1-5H2,(H,12,17). The zero-order chi connectivity index (χ0) is 12.1. The van der Waals surface area contributed by atoms with E-state index in [0.717, 1.165) is 29.2 Å². The molecule has 2 aromatic rings. The molecule has 18 heavy (non-hydrogen) atoms. The highest BCUT2D eigenvalue weighted by molar-refractivity contribution is 7.17. The third kappa shape index (κ3) is 1.34. The summed E-state index contributed by atoms with van der Waals surface area (Å²) in [5.74, 6) is 0.670. The maximum absolute atomic E-state index is 11.8. The van der Waals surface area contributed by atoms with Crippen LogP contribution in [0.3, 0.4) is 0 Å². The molecule has 1 amide bonds. The van der Waals surface area contributed by atoms with Gasteiger partial charge in [-0.2, -0.15) is 0 Å². The number of rotatable bonds is 0. The van der Waals surface area contributed by atoms with Crippen molar-refractivity contribution in [3.8, 4) is 11.4 Å². The van der Waals surface area contributed by atoms with Gasteiger partial charge in [0.25, 0.3) is 0 Å². The van der Waals surface area contributed by atoms with E-state index in [0.29, 0.717) is 0 Å². The molecule has 6 nitrogen and oxygen atoms in total. The molecule has 0 saturated heterocycles. The van der Waals surface area contributed by atoms with Crippen LogP contribution >= 0.6 is 11.3 Å². The zero-order valence-electron chi connectivity index (χ0n) is 9.64. The lowest BCUT2D eigenvalue weighted by atomic mass is 9.95. The summed E-state index contributed by atoms with van der Waals surface area (Å²) in [5.41, 5.74) is 2.38. The average Bonchev–Trinajstić information content (AvgIpc) is 2.90. The number of hydrogen-bond donors (Lipinski definition) is 1. The van der Waals surface area contributed by atoms with E-state index in [9.17, 15) is 4.79 Å². The molecule has 0 atom stereocenters. The van der Waals surface area contributed by atoms with Gasteiger partial charge < -0.3 is 5.32 Å². The number of aryl methyl sites for hydroxylation is 1. The lowest BCUT2D eigenvalue weighted by molar-refractivity contribution is -0.116. The van der Waals surface area contributed by atoms with Gasteiger partial charge in [0.15, 0.2) is 5.82 Å². The maximum atomic E-state index is 11.8. The van der Waals surface area contributed by atoms with Gasteiger partial charge in [0, 0.05) is 4.88 Å². The van der Waals surface area contributed by atoms with Crippen LogP contribution in [-0.4, -0.2) is 26.1 Å². The highest BCUT2D eigenvalue weighted by atomic mass is 32.1. The van der Waals surface area contributed by atoms with E-state index in [1.54, 1.807) is 16.0 Å². The Hall–Kier alpha value is -1.76. The number of carbonyl (C=O) groups is 1. The van der Waals surface area contributed by atoms with E-state index < -0.39 is 0 Å². The molecular formula is C11H11N5OS. The number of aromatic nitrogens is 4. The van der Waals surface area contributed by atoms with Gasteiger partial charge in [-0.1, -0.05) is 0 Å². The van der Waals surface area contributed by atoms with Crippen LogP contribution in [0.2, 0.25) is 0 Å². The predicted octanol–water partition coefficient (Wildman–Crippen LogP) is 1.23. The minimum atomic E-state index is -0.0547. The van der Waals surface area contributed by atoms with Crippen LogP contribution in [-0.2, 0) is 24.2 Å². The van der Waals surface area contributed by atoms with Crippen LogP contribution in [0.5, 0.6) is 0 Å². The molecular weight excluding hydrogens is 250 g/mol. The minimum Gasteiger partial charge on any atom is -0.315 e. The first-order valence-corrected chi connectivity index (χ1v) is 6.85. The van der Waals surface area contributed by atoms with Gasteiger partial charge in [-0.25, -0.2) is 4.68 Å². The number of carbonyl (C=O) groups excluding carboxylic acids is 1. The van der Waals surface area contributed by atoms with Crippen molar-refractivity contribution in [3.05, 3.63) is 10.4 Å². The average molecular weight is 261 g/mol. The van der Waals surface area contributed by atoms with Crippen molar-refractivity contribution in [2.45, 2.75) is 32.2 Å². The largest absolute Gasteiger partial charge is 0.315 e. The summed E-state index contributed by atoms with van der Waals surface area (Å²) in [7, 11) is 0. The Morgan fingerprint density at radius 2 is 2.17 bits per heavy atom. The third-order valence-corrected chi connectivity index (χ3v) is 4.68. The number of anilines is 1. The van der Waals surface area contributed by atoms with Crippen LogP contribution in [0.4, 0.5) is 5.00 Å². The number of amides is 1. The van der Waals surface area contributed by atoms with Crippen LogP contribution in [0.15, 0.2) is 0 Å². The summed E-state index contributed by atoms with van der Waals surface area (Å²) >= 11 is 1.68. The van der Waals surface area contributed by atoms with E-state index in [4.69, 9.17) is 0 Å². The van der Waals surface area contributed by atoms with Crippen molar-refractivity contribution in [1.29, 1.82) is 0 Å². The molecule has 4 rings (SSSR count). The molecule has 0 saturated carbocycles. The van der Waals surface area contributed by atoms with Crippen molar-refractivity contribution in [3.63, 3.8) is 0 Å². The third-order valence-electron chi connectivity index (χ3n) is 3.47. The van der Waals surface area contributed by atoms with Gasteiger partial charge in [-0.15, -0.1) is 16.4 Å². The van der Waals surface area contributed by atoms with E-state index in [-0.39, 0.29) is 12.5 Å².